The minimum absolute atomic E-state index is 0.271. The lowest BCUT2D eigenvalue weighted by Crippen LogP contribution is -2.05. The summed E-state index contributed by atoms with van der Waals surface area (Å²) in [5.74, 6) is 1.61. The molecule has 0 saturated carbocycles. The van der Waals surface area contributed by atoms with Gasteiger partial charge in [0.1, 0.15) is 17.3 Å². The Labute approximate surface area is 123 Å². The van der Waals surface area contributed by atoms with E-state index in [9.17, 15) is 4.39 Å². The summed E-state index contributed by atoms with van der Waals surface area (Å²) in [6.45, 7) is 5.22. The van der Waals surface area contributed by atoms with Crippen LogP contribution in [0, 0.1) is 11.7 Å². The van der Waals surface area contributed by atoms with Crippen molar-refractivity contribution >= 4 is 10.9 Å². The zero-order valence-electron chi connectivity index (χ0n) is 12.1. The second kappa shape index (κ2) is 5.56. The monoisotopic (exact) mass is 284 g/mol. The summed E-state index contributed by atoms with van der Waals surface area (Å²) >= 11 is 0. The molecule has 3 rings (SSSR count). The predicted molar refractivity (Wildman–Crippen MR) is 81.0 cm³/mol. The van der Waals surface area contributed by atoms with Crippen LogP contribution in [-0.4, -0.2) is 9.78 Å². The number of halogens is 1. The third-order valence-electron chi connectivity index (χ3n) is 3.20. The zero-order chi connectivity index (χ0) is 14.8. The van der Waals surface area contributed by atoms with Gasteiger partial charge in [-0.05, 0) is 48.4 Å². The highest BCUT2D eigenvalue weighted by Gasteiger charge is 2.06. The Balaban J connectivity index is 1.86. The molecule has 4 heteroatoms. The molecule has 3 aromatic rings. The zero-order valence-corrected chi connectivity index (χ0v) is 12.1. The lowest BCUT2D eigenvalue weighted by atomic mass is 10.2. The molecule has 0 fully saturated rings. The van der Waals surface area contributed by atoms with E-state index in [0.29, 0.717) is 11.7 Å². The third kappa shape index (κ3) is 3.05. The second-order valence-corrected chi connectivity index (χ2v) is 5.50. The first-order valence-electron chi connectivity index (χ1n) is 7.01. The van der Waals surface area contributed by atoms with E-state index in [4.69, 9.17) is 4.74 Å². The van der Waals surface area contributed by atoms with Crippen LogP contribution in [0.5, 0.6) is 11.5 Å². The Morgan fingerprint density at radius 3 is 2.52 bits per heavy atom. The third-order valence-corrected chi connectivity index (χ3v) is 3.20. The summed E-state index contributed by atoms with van der Waals surface area (Å²) < 4.78 is 20.6. The molecule has 0 radical (unpaired) electrons. The van der Waals surface area contributed by atoms with Gasteiger partial charge in [-0.1, -0.05) is 13.8 Å². The summed E-state index contributed by atoms with van der Waals surface area (Å²) in [6, 6.07) is 11.8. The summed E-state index contributed by atoms with van der Waals surface area (Å²) in [4.78, 5) is 0. The largest absolute Gasteiger partial charge is 0.457 e. The molecule has 3 nitrogen and oxygen atoms in total. The predicted octanol–water partition coefficient (Wildman–Crippen LogP) is 4.62. The number of fused-ring (bicyclic) bond motifs is 1. The Kier molecular flexibility index (Phi) is 3.60. The molecule has 0 saturated heterocycles. The van der Waals surface area contributed by atoms with Gasteiger partial charge in [0.2, 0.25) is 0 Å². The molecule has 1 heterocycles. The van der Waals surface area contributed by atoms with Crippen LogP contribution in [0.4, 0.5) is 4.39 Å². The van der Waals surface area contributed by atoms with E-state index in [-0.39, 0.29) is 5.82 Å². The molecule has 1 aromatic heterocycles. The van der Waals surface area contributed by atoms with E-state index in [0.717, 1.165) is 23.2 Å². The summed E-state index contributed by atoms with van der Waals surface area (Å²) in [6.07, 6.45) is 1.84. The molecule has 0 N–H and O–H groups in total. The standard InChI is InChI=1S/C17H17FN2O/c1-12(2)11-20-17-8-7-16(9-13(17)10-19-20)21-15-5-3-14(18)4-6-15/h3-10,12H,11H2,1-2H3. The van der Waals surface area contributed by atoms with Crippen LogP contribution >= 0.6 is 0 Å². The van der Waals surface area contributed by atoms with Crippen molar-refractivity contribution in [2.45, 2.75) is 20.4 Å². The topological polar surface area (TPSA) is 27.1 Å². The normalized spacial score (nSPS) is 11.2. The van der Waals surface area contributed by atoms with Crippen molar-refractivity contribution in [3.63, 3.8) is 0 Å². The summed E-state index contributed by atoms with van der Waals surface area (Å²) in [7, 11) is 0. The molecule has 0 unspecified atom stereocenters. The molecule has 0 aliphatic rings. The van der Waals surface area contributed by atoms with Gasteiger partial charge in [0.05, 0.1) is 11.7 Å². The van der Waals surface area contributed by atoms with Crippen molar-refractivity contribution < 1.29 is 9.13 Å². The smallest absolute Gasteiger partial charge is 0.128 e. The van der Waals surface area contributed by atoms with E-state index < -0.39 is 0 Å². The minimum atomic E-state index is -0.271. The van der Waals surface area contributed by atoms with Crippen molar-refractivity contribution in [2.75, 3.05) is 0 Å². The number of benzene rings is 2. The van der Waals surface area contributed by atoms with Crippen LogP contribution in [0.1, 0.15) is 13.8 Å². The van der Waals surface area contributed by atoms with Gasteiger partial charge >= 0.3 is 0 Å². The maximum atomic E-state index is 12.9. The highest BCUT2D eigenvalue weighted by atomic mass is 19.1. The van der Waals surface area contributed by atoms with E-state index in [1.54, 1.807) is 12.1 Å². The Morgan fingerprint density at radius 1 is 1.10 bits per heavy atom. The van der Waals surface area contributed by atoms with E-state index in [1.807, 2.05) is 29.1 Å². The fourth-order valence-corrected chi connectivity index (χ4v) is 2.26. The lowest BCUT2D eigenvalue weighted by Gasteiger charge is -2.08. The SMILES string of the molecule is CC(C)Cn1ncc2cc(Oc3ccc(F)cc3)ccc21. The first-order valence-corrected chi connectivity index (χ1v) is 7.01. The molecule has 0 aliphatic heterocycles. The van der Waals surface area contributed by atoms with Gasteiger partial charge in [-0.25, -0.2) is 4.39 Å². The number of nitrogens with zero attached hydrogens (tertiary/aromatic N) is 2. The van der Waals surface area contributed by atoms with Crippen molar-refractivity contribution in [3.8, 4) is 11.5 Å². The molecule has 0 amide bonds. The fraction of sp³-hybridized carbons (Fsp3) is 0.235. The molecule has 21 heavy (non-hydrogen) atoms. The number of hydrogen-bond donors (Lipinski definition) is 0. The molecule has 2 aromatic carbocycles. The van der Waals surface area contributed by atoms with Crippen molar-refractivity contribution in [3.05, 3.63) is 54.5 Å². The summed E-state index contributed by atoms with van der Waals surface area (Å²) in [5.41, 5.74) is 1.09. The highest BCUT2D eigenvalue weighted by molar-refractivity contribution is 5.80. The number of aromatic nitrogens is 2. The van der Waals surface area contributed by atoms with Gasteiger partial charge in [0.15, 0.2) is 0 Å². The van der Waals surface area contributed by atoms with Crippen LogP contribution in [0.25, 0.3) is 10.9 Å². The maximum Gasteiger partial charge on any atom is 0.128 e. The van der Waals surface area contributed by atoms with Gasteiger partial charge < -0.3 is 4.74 Å². The first kappa shape index (κ1) is 13.6. The van der Waals surface area contributed by atoms with Crippen LogP contribution in [0.15, 0.2) is 48.7 Å². The second-order valence-electron chi connectivity index (χ2n) is 5.50. The molecule has 0 aliphatic carbocycles. The van der Waals surface area contributed by atoms with Gasteiger partial charge in [-0.15, -0.1) is 0 Å². The van der Waals surface area contributed by atoms with E-state index in [1.165, 1.54) is 12.1 Å². The quantitative estimate of drug-likeness (QED) is 0.698. The minimum Gasteiger partial charge on any atom is -0.457 e. The molecule has 0 spiro atoms. The van der Waals surface area contributed by atoms with Crippen molar-refractivity contribution in [2.24, 2.45) is 5.92 Å². The van der Waals surface area contributed by atoms with Gasteiger partial charge in [-0.3, -0.25) is 4.68 Å². The number of hydrogen-bond acceptors (Lipinski definition) is 2. The van der Waals surface area contributed by atoms with Gasteiger partial charge in [-0.2, -0.15) is 5.10 Å². The van der Waals surface area contributed by atoms with Gasteiger partial charge in [0, 0.05) is 11.9 Å². The Hall–Kier alpha value is -2.36. The molecule has 108 valence electrons. The van der Waals surface area contributed by atoms with Crippen molar-refractivity contribution in [1.82, 2.24) is 9.78 Å². The Morgan fingerprint density at radius 2 is 1.81 bits per heavy atom. The highest BCUT2D eigenvalue weighted by Crippen LogP contribution is 2.26. The molecule has 0 bridgehead atoms. The average molecular weight is 284 g/mol. The Bertz CT molecular complexity index is 747. The maximum absolute atomic E-state index is 12.9. The van der Waals surface area contributed by atoms with E-state index in [2.05, 4.69) is 18.9 Å². The van der Waals surface area contributed by atoms with Crippen molar-refractivity contribution in [1.29, 1.82) is 0 Å². The molecular weight excluding hydrogens is 267 g/mol. The first-order chi connectivity index (χ1) is 10.1. The van der Waals surface area contributed by atoms with Crippen LogP contribution in [0.3, 0.4) is 0 Å². The molecule has 0 atom stereocenters. The summed E-state index contributed by atoms with van der Waals surface area (Å²) in [5, 5.41) is 5.44. The lowest BCUT2D eigenvalue weighted by molar-refractivity contribution is 0.481. The number of rotatable bonds is 4. The van der Waals surface area contributed by atoms with Gasteiger partial charge in [0.25, 0.3) is 0 Å². The fourth-order valence-electron chi connectivity index (χ4n) is 2.26. The van der Waals surface area contributed by atoms with E-state index >= 15 is 0 Å². The average Bonchev–Trinajstić information content (AvgIpc) is 2.83. The van der Waals surface area contributed by atoms with Crippen LogP contribution < -0.4 is 4.74 Å². The molecular formula is C17H17FN2O. The number of ether oxygens (including phenoxy) is 1. The van der Waals surface area contributed by atoms with Crippen LogP contribution in [-0.2, 0) is 6.54 Å². The van der Waals surface area contributed by atoms with Crippen LogP contribution in [0.2, 0.25) is 0 Å².